The molecule has 0 saturated carbocycles. The van der Waals surface area contributed by atoms with Gasteiger partial charge in [-0.3, -0.25) is 4.99 Å². The first-order chi connectivity index (χ1) is 6.42. The number of aliphatic imine (C=N–C) groups is 1. The van der Waals surface area contributed by atoms with Crippen molar-refractivity contribution in [1.82, 2.24) is 15.5 Å². The second kappa shape index (κ2) is 3.62. The molecule has 2 aliphatic rings. The van der Waals surface area contributed by atoms with Crippen molar-refractivity contribution in [3.63, 3.8) is 0 Å². The van der Waals surface area contributed by atoms with Crippen LogP contribution in [0.25, 0.3) is 0 Å². The molecular weight excluding hydrogens is 166 g/mol. The summed E-state index contributed by atoms with van der Waals surface area (Å²) >= 11 is 0. The molecule has 1 atom stereocenters. The fourth-order valence-electron chi connectivity index (χ4n) is 1.65. The van der Waals surface area contributed by atoms with E-state index in [0.717, 1.165) is 38.7 Å². The summed E-state index contributed by atoms with van der Waals surface area (Å²) in [7, 11) is 0. The Morgan fingerprint density at radius 3 is 3.15 bits per heavy atom. The van der Waals surface area contributed by atoms with Gasteiger partial charge in [0.15, 0.2) is 5.96 Å². The summed E-state index contributed by atoms with van der Waals surface area (Å²) in [5.41, 5.74) is 0. The summed E-state index contributed by atoms with van der Waals surface area (Å²) in [4.78, 5) is 6.36. The van der Waals surface area contributed by atoms with Gasteiger partial charge in [0, 0.05) is 26.2 Å². The lowest BCUT2D eigenvalue weighted by molar-refractivity contribution is 0.298. The first kappa shape index (κ1) is 8.32. The molecule has 0 amide bonds. The lowest BCUT2D eigenvalue weighted by atomic mass is 10.2. The van der Waals surface area contributed by atoms with Gasteiger partial charge in [0.1, 0.15) is 6.04 Å². The quantitative estimate of drug-likeness (QED) is 0.487. The van der Waals surface area contributed by atoms with Crippen LogP contribution in [0.5, 0.6) is 0 Å². The molecule has 0 radical (unpaired) electrons. The van der Waals surface area contributed by atoms with E-state index in [9.17, 15) is 0 Å². The third kappa shape index (κ3) is 1.58. The molecule has 0 spiro atoms. The molecule has 2 heterocycles. The molecule has 1 unspecified atom stereocenters. The van der Waals surface area contributed by atoms with Crippen LogP contribution in [-0.4, -0.2) is 49.6 Å². The maximum atomic E-state index is 8.91. The highest BCUT2D eigenvalue weighted by atomic mass is 15.4. The van der Waals surface area contributed by atoms with Crippen LogP contribution in [0.4, 0.5) is 0 Å². The average molecular weight is 179 g/mol. The molecule has 0 aromatic rings. The van der Waals surface area contributed by atoms with Crippen molar-refractivity contribution in [2.24, 2.45) is 4.99 Å². The van der Waals surface area contributed by atoms with Gasteiger partial charge in [-0.2, -0.15) is 5.26 Å². The van der Waals surface area contributed by atoms with Crippen LogP contribution in [0.2, 0.25) is 0 Å². The minimum Gasteiger partial charge on any atom is -0.354 e. The van der Waals surface area contributed by atoms with E-state index in [2.05, 4.69) is 21.7 Å². The van der Waals surface area contributed by atoms with Crippen LogP contribution in [0.15, 0.2) is 4.99 Å². The van der Waals surface area contributed by atoms with Gasteiger partial charge >= 0.3 is 0 Å². The fourth-order valence-corrected chi connectivity index (χ4v) is 1.65. The van der Waals surface area contributed by atoms with Crippen LogP contribution in [0, 0.1) is 11.3 Å². The number of hydrogen-bond donors (Lipinski definition) is 2. The lowest BCUT2D eigenvalue weighted by Crippen LogP contribution is -2.55. The highest BCUT2D eigenvalue weighted by Crippen LogP contribution is 2.04. The molecule has 70 valence electrons. The number of nitrogens with zero attached hydrogens (tertiary/aromatic N) is 3. The Bertz CT molecular complexity index is 254. The molecule has 5 nitrogen and oxygen atoms in total. The van der Waals surface area contributed by atoms with Crippen molar-refractivity contribution in [3.05, 3.63) is 0 Å². The van der Waals surface area contributed by atoms with Gasteiger partial charge in [-0.1, -0.05) is 0 Å². The predicted molar refractivity (Wildman–Crippen MR) is 49.3 cm³/mol. The molecule has 0 aromatic carbocycles. The summed E-state index contributed by atoms with van der Waals surface area (Å²) in [6, 6.07) is 2.20. The van der Waals surface area contributed by atoms with E-state index in [1.165, 1.54) is 0 Å². The van der Waals surface area contributed by atoms with E-state index in [1.807, 2.05) is 4.90 Å². The minimum absolute atomic E-state index is 0.0712. The first-order valence-electron chi connectivity index (χ1n) is 4.57. The third-order valence-electron chi connectivity index (χ3n) is 2.32. The number of piperazine rings is 1. The van der Waals surface area contributed by atoms with Gasteiger partial charge in [-0.15, -0.1) is 0 Å². The van der Waals surface area contributed by atoms with Crippen molar-refractivity contribution in [3.8, 4) is 6.07 Å². The zero-order valence-electron chi connectivity index (χ0n) is 7.45. The molecule has 2 rings (SSSR count). The summed E-state index contributed by atoms with van der Waals surface area (Å²) in [5, 5.41) is 15.3. The lowest BCUT2D eigenvalue weighted by Gasteiger charge is -2.33. The van der Waals surface area contributed by atoms with Crippen molar-refractivity contribution in [1.29, 1.82) is 5.26 Å². The Hall–Kier alpha value is -1.28. The van der Waals surface area contributed by atoms with Crippen LogP contribution < -0.4 is 10.6 Å². The monoisotopic (exact) mass is 179 g/mol. The van der Waals surface area contributed by atoms with E-state index >= 15 is 0 Å². The van der Waals surface area contributed by atoms with E-state index in [0.29, 0.717) is 0 Å². The number of hydrogen-bond acceptors (Lipinski definition) is 5. The van der Waals surface area contributed by atoms with E-state index in [-0.39, 0.29) is 6.04 Å². The Morgan fingerprint density at radius 2 is 2.46 bits per heavy atom. The average Bonchev–Trinajstić information content (AvgIpc) is 2.70. The molecule has 5 heteroatoms. The Balaban J connectivity index is 2.06. The van der Waals surface area contributed by atoms with E-state index in [4.69, 9.17) is 5.26 Å². The van der Waals surface area contributed by atoms with Crippen molar-refractivity contribution in [2.75, 3.05) is 32.7 Å². The second-order valence-electron chi connectivity index (χ2n) is 3.17. The maximum absolute atomic E-state index is 8.91. The van der Waals surface area contributed by atoms with Crippen LogP contribution in [0.1, 0.15) is 0 Å². The molecule has 0 aromatic heterocycles. The van der Waals surface area contributed by atoms with Gasteiger partial charge in [-0.25, -0.2) is 0 Å². The second-order valence-corrected chi connectivity index (χ2v) is 3.17. The minimum atomic E-state index is -0.0712. The van der Waals surface area contributed by atoms with E-state index < -0.39 is 0 Å². The normalized spacial score (nSPS) is 27.8. The largest absolute Gasteiger partial charge is 0.354 e. The third-order valence-corrected chi connectivity index (χ3v) is 2.32. The number of nitrogens with one attached hydrogen (secondary N) is 2. The topological polar surface area (TPSA) is 63.5 Å². The molecule has 13 heavy (non-hydrogen) atoms. The summed E-state index contributed by atoms with van der Waals surface area (Å²) in [6.07, 6.45) is 0. The molecular formula is C8H13N5. The maximum Gasteiger partial charge on any atom is 0.195 e. The predicted octanol–water partition coefficient (Wildman–Crippen LogP) is -1.26. The van der Waals surface area contributed by atoms with Crippen molar-refractivity contribution in [2.45, 2.75) is 6.04 Å². The van der Waals surface area contributed by atoms with Gasteiger partial charge in [0.2, 0.25) is 0 Å². The zero-order chi connectivity index (χ0) is 9.10. The SMILES string of the molecule is N#CC1CNCCN1C1=NCCN1. The van der Waals surface area contributed by atoms with Crippen LogP contribution >= 0.6 is 0 Å². The van der Waals surface area contributed by atoms with Crippen molar-refractivity contribution < 1.29 is 0 Å². The van der Waals surface area contributed by atoms with Gasteiger partial charge in [0.05, 0.1) is 12.6 Å². The first-order valence-corrected chi connectivity index (χ1v) is 4.57. The highest BCUT2D eigenvalue weighted by molar-refractivity contribution is 5.82. The number of rotatable bonds is 0. The molecule has 0 bridgehead atoms. The van der Waals surface area contributed by atoms with Gasteiger partial charge in [0.25, 0.3) is 0 Å². The van der Waals surface area contributed by atoms with Gasteiger partial charge < -0.3 is 15.5 Å². The summed E-state index contributed by atoms with van der Waals surface area (Å²) in [5.74, 6) is 0.896. The highest BCUT2D eigenvalue weighted by Gasteiger charge is 2.25. The summed E-state index contributed by atoms with van der Waals surface area (Å²) < 4.78 is 0. The molecule has 2 N–H and O–H groups in total. The van der Waals surface area contributed by atoms with Crippen molar-refractivity contribution >= 4 is 5.96 Å². The zero-order valence-corrected chi connectivity index (χ0v) is 7.45. The Labute approximate surface area is 77.4 Å². The summed E-state index contributed by atoms with van der Waals surface area (Å²) in [6.45, 7) is 4.26. The fraction of sp³-hybridized carbons (Fsp3) is 0.750. The Kier molecular flexibility index (Phi) is 2.32. The molecule has 1 fully saturated rings. The van der Waals surface area contributed by atoms with Crippen LogP contribution in [-0.2, 0) is 0 Å². The van der Waals surface area contributed by atoms with Crippen LogP contribution in [0.3, 0.4) is 0 Å². The Morgan fingerprint density at radius 1 is 1.54 bits per heavy atom. The number of nitriles is 1. The molecule has 1 saturated heterocycles. The van der Waals surface area contributed by atoms with Gasteiger partial charge in [-0.05, 0) is 0 Å². The number of guanidine groups is 1. The van der Waals surface area contributed by atoms with E-state index in [1.54, 1.807) is 0 Å². The standard InChI is InChI=1S/C8H13N5/c9-5-7-6-10-3-4-13(7)8-11-1-2-12-8/h7,10H,1-4,6H2,(H,11,12). The smallest absolute Gasteiger partial charge is 0.195 e. The molecule has 2 aliphatic heterocycles. The molecule has 0 aliphatic carbocycles.